The number of likely N-dealkylation sites (tertiary alicyclic amines) is 1. The molecule has 2 heterocycles. The van der Waals surface area contributed by atoms with Gasteiger partial charge in [-0.15, -0.1) is 23.7 Å². The van der Waals surface area contributed by atoms with Gasteiger partial charge >= 0.3 is 0 Å². The van der Waals surface area contributed by atoms with E-state index in [4.69, 9.17) is 5.73 Å². The topological polar surface area (TPSA) is 79.5 Å². The summed E-state index contributed by atoms with van der Waals surface area (Å²) in [6.45, 7) is 1.14. The van der Waals surface area contributed by atoms with E-state index < -0.39 is 0 Å². The summed E-state index contributed by atoms with van der Waals surface area (Å²) in [4.78, 5) is 32.1. The van der Waals surface area contributed by atoms with Crippen molar-refractivity contribution in [2.45, 2.75) is 25.3 Å². The quantitative estimate of drug-likeness (QED) is 0.882. The van der Waals surface area contributed by atoms with Crippen LogP contribution in [-0.4, -0.2) is 59.8 Å². The fourth-order valence-electron chi connectivity index (χ4n) is 2.36. The molecular formula is C13H21ClN4O2S. The molecule has 1 aromatic rings. The SMILES string of the molecule is CN(C)C(=O)C1CCCN1C(=O)c1csc(CCN)n1.Cl. The summed E-state index contributed by atoms with van der Waals surface area (Å²) >= 11 is 1.44. The maximum atomic E-state index is 12.5. The standard InChI is InChI=1S/C13H20N4O2S.ClH/c1-16(2)13(19)10-4-3-7-17(10)12(18)9-8-20-11(15-9)5-6-14;/h8,10H,3-7,14H2,1-2H3;1H. The molecule has 8 heteroatoms. The second kappa shape index (κ2) is 7.72. The summed E-state index contributed by atoms with van der Waals surface area (Å²) in [5.41, 5.74) is 5.91. The summed E-state index contributed by atoms with van der Waals surface area (Å²) in [5.74, 6) is -0.171. The van der Waals surface area contributed by atoms with Crippen molar-refractivity contribution < 1.29 is 9.59 Å². The Labute approximate surface area is 134 Å². The zero-order valence-corrected chi connectivity index (χ0v) is 13.9. The second-order valence-corrected chi connectivity index (χ2v) is 6.00. The first-order valence-corrected chi connectivity index (χ1v) is 7.59. The van der Waals surface area contributed by atoms with Crippen LogP contribution in [-0.2, 0) is 11.2 Å². The average Bonchev–Trinajstić information content (AvgIpc) is 3.06. The van der Waals surface area contributed by atoms with Crippen molar-refractivity contribution in [2.75, 3.05) is 27.2 Å². The van der Waals surface area contributed by atoms with Gasteiger partial charge < -0.3 is 15.5 Å². The van der Waals surface area contributed by atoms with Crippen LogP contribution in [0.25, 0.3) is 0 Å². The third-order valence-corrected chi connectivity index (χ3v) is 4.28. The van der Waals surface area contributed by atoms with Crippen molar-refractivity contribution in [2.24, 2.45) is 5.73 Å². The highest BCUT2D eigenvalue weighted by Gasteiger charge is 2.36. The number of aromatic nitrogens is 1. The van der Waals surface area contributed by atoms with E-state index in [-0.39, 0.29) is 30.3 Å². The van der Waals surface area contributed by atoms with E-state index >= 15 is 0 Å². The maximum Gasteiger partial charge on any atom is 0.274 e. The lowest BCUT2D eigenvalue weighted by Gasteiger charge is -2.25. The smallest absolute Gasteiger partial charge is 0.274 e. The Kier molecular flexibility index (Phi) is 6.57. The molecule has 0 aliphatic carbocycles. The Bertz CT molecular complexity index is 506. The molecule has 2 amide bonds. The second-order valence-electron chi connectivity index (χ2n) is 5.05. The van der Waals surface area contributed by atoms with Crippen LogP contribution < -0.4 is 5.73 Å². The molecule has 2 N–H and O–H groups in total. The van der Waals surface area contributed by atoms with Crippen LogP contribution >= 0.6 is 23.7 Å². The lowest BCUT2D eigenvalue weighted by atomic mass is 10.2. The van der Waals surface area contributed by atoms with Crippen molar-refractivity contribution in [3.63, 3.8) is 0 Å². The van der Waals surface area contributed by atoms with Crippen molar-refractivity contribution in [3.05, 3.63) is 16.1 Å². The van der Waals surface area contributed by atoms with Crippen LogP contribution in [0.3, 0.4) is 0 Å². The zero-order chi connectivity index (χ0) is 14.7. The van der Waals surface area contributed by atoms with E-state index in [2.05, 4.69) is 4.98 Å². The molecule has 0 aromatic carbocycles. The Balaban J connectivity index is 0.00000220. The summed E-state index contributed by atoms with van der Waals surface area (Å²) in [6.07, 6.45) is 2.26. The Morgan fingerprint density at radius 1 is 1.52 bits per heavy atom. The van der Waals surface area contributed by atoms with E-state index in [9.17, 15) is 9.59 Å². The Morgan fingerprint density at radius 2 is 2.24 bits per heavy atom. The molecule has 1 fully saturated rings. The molecule has 0 spiro atoms. The van der Waals surface area contributed by atoms with E-state index in [1.807, 2.05) is 0 Å². The molecule has 0 bridgehead atoms. The highest BCUT2D eigenvalue weighted by Crippen LogP contribution is 2.22. The number of nitrogens with two attached hydrogens (primary N) is 1. The predicted octanol–water partition coefficient (Wildman–Crippen LogP) is 0.759. The first-order valence-electron chi connectivity index (χ1n) is 6.71. The number of hydrogen-bond donors (Lipinski definition) is 1. The average molecular weight is 333 g/mol. The normalized spacial score (nSPS) is 17.5. The first-order chi connectivity index (χ1) is 9.54. The molecule has 0 saturated carbocycles. The largest absolute Gasteiger partial charge is 0.347 e. The molecule has 6 nitrogen and oxygen atoms in total. The molecule has 2 rings (SSSR count). The monoisotopic (exact) mass is 332 g/mol. The Hall–Kier alpha value is -1.18. The van der Waals surface area contributed by atoms with Crippen LogP contribution in [0.5, 0.6) is 0 Å². The minimum atomic E-state index is -0.350. The molecule has 1 aromatic heterocycles. The van der Waals surface area contributed by atoms with Gasteiger partial charge in [0.1, 0.15) is 11.7 Å². The van der Waals surface area contributed by atoms with E-state index in [0.29, 0.717) is 25.2 Å². The predicted molar refractivity (Wildman–Crippen MR) is 84.9 cm³/mol. The van der Waals surface area contributed by atoms with E-state index in [1.165, 1.54) is 16.2 Å². The number of amides is 2. The number of halogens is 1. The van der Waals surface area contributed by atoms with Crippen LogP contribution in [0, 0.1) is 0 Å². The molecule has 1 aliphatic heterocycles. The van der Waals surface area contributed by atoms with Gasteiger partial charge in [-0.2, -0.15) is 0 Å². The fourth-order valence-corrected chi connectivity index (χ4v) is 3.15. The van der Waals surface area contributed by atoms with Crippen molar-refractivity contribution >= 4 is 35.6 Å². The van der Waals surface area contributed by atoms with Crippen LogP contribution in [0.1, 0.15) is 28.3 Å². The minimum Gasteiger partial charge on any atom is -0.347 e. The summed E-state index contributed by atoms with van der Waals surface area (Å²) in [7, 11) is 3.43. The number of carbonyl (C=O) groups excluding carboxylic acids is 2. The van der Waals surface area contributed by atoms with Gasteiger partial charge in [0.25, 0.3) is 5.91 Å². The van der Waals surface area contributed by atoms with Gasteiger partial charge in [0.2, 0.25) is 5.91 Å². The molecular weight excluding hydrogens is 312 g/mol. The fraction of sp³-hybridized carbons (Fsp3) is 0.615. The van der Waals surface area contributed by atoms with Crippen molar-refractivity contribution in [3.8, 4) is 0 Å². The number of hydrogen-bond acceptors (Lipinski definition) is 5. The molecule has 118 valence electrons. The molecule has 0 radical (unpaired) electrons. The summed E-state index contributed by atoms with van der Waals surface area (Å²) < 4.78 is 0. The highest BCUT2D eigenvalue weighted by atomic mass is 35.5. The molecule has 21 heavy (non-hydrogen) atoms. The van der Waals surface area contributed by atoms with E-state index in [0.717, 1.165) is 17.8 Å². The Morgan fingerprint density at radius 3 is 2.86 bits per heavy atom. The number of thiazole rings is 1. The minimum absolute atomic E-state index is 0. The molecule has 1 saturated heterocycles. The first kappa shape index (κ1) is 17.9. The van der Waals surface area contributed by atoms with Gasteiger partial charge in [0, 0.05) is 32.4 Å². The maximum absolute atomic E-state index is 12.5. The third-order valence-electron chi connectivity index (χ3n) is 3.37. The van der Waals surface area contributed by atoms with Gasteiger partial charge in [-0.1, -0.05) is 0 Å². The van der Waals surface area contributed by atoms with Gasteiger partial charge in [0.15, 0.2) is 0 Å². The number of rotatable bonds is 4. The summed E-state index contributed by atoms with van der Waals surface area (Å²) in [5, 5.41) is 2.62. The third kappa shape index (κ3) is 3.93. The van der Waals surface area contributed by atoms with Crippen LogP contribution in [0.15, 0.2) is 5.38 Å². The van der Waals surface area contributed by atoms with Crippen LogP contribution in [0.2, 0.25) is 0 Å². The van der Waals surface area contributed by atoms with Crippen molar-refractivity contribution in [1.82, 2.24) is 14.8 Å². The van der Waals surface area contributed by atoms with Gasteiger partial charge in [-0.25, -0.2) is 4.98 Å². The molecule has 1 aliphatic rings. The zero-order valence-electron chi connectivity index (χ0n) is 12.2. The molecule has 1 atom stereocenters. The van der Waals surface area contributed by atoms with Gasteiger partial charge in [-0.3, -0.25) is 9.59 Å². The van der Waals surface area contributed by atoms with Gasteiger partial charge in [-0.05, 0) is 19.4 Å². The number of likely N-dealkylation sites (N-methyl/N-ethyl adjacent to an activating group) is 1. The van der Waals surface area contributed by atoms with Gasteiger partial charge in [0.05, 0.1) is 5.01 Å². The number of nitrogens with zero attached hydrogens (tertiary/aromatic N) is 3. The lowest BCUT2D eigenvalue weighted by molar-refractivity contribution is -0.132. The van der Waals surface area contributed by atoms with Crippen LogP contribution in [0.4, 0.5) is 0 Å². The van der Waals surface area contributed by atoms with E-state index in [1.54, 1.807) is 24.4 Å². The highest BCUT2D eigenvalue weighted by molar-refractivity contribution is 7.09. The molecule has 1 unspecified atom stereocenters. The number of carbonyl (C=O) groups is 2. The summed E-state index contributed by atoms with van der Waals surface area (Å²) in [6, 6.07) is -0.350. The lowest BCUT2D eigenvalue weighted by Crippen LogP contribution is -2.45. The van der Waals surface area contributed by atoms with Crippen molar-refractivity contribution in [1.29, 1.82) is 0 Å².